The highest BCUT2D eigenvalue weighted by Gasteiger charge is 2.32. The van der Waals surface area contributed by atoms with Gasteiger partial charge in [0.15, 0.2) is 5.03 Å². The molecule has 1 fully saturated rings. The molecular weight excluding hydrogens is 240 g/mol. The second-order valence-electron chi connectivity index (χ2n) is 4.25. The molecule has 1 unspecified atom stereocenters. The molecule has 1 aliphatic carbocycles. The molecule has 7 heteroatoms. The molecule has 0 aromatic carbocycles. The van der Waals surface area contributed by atoms with Crippen molar-refractivity contribution >= 4 is 15.7 Å². The third-order valence-electron chi connectivity index (χ3n) is 2.85. The summed E-state index contributed by atoms with van der Waals surface area (Å²) in [6, 6.07) is 3.13. The Morgan fingerprint density at radius 1 is 1.53 bits per heavy atom. The predicted octanol–water partition coefficient (Wildman–Crippen LogP) is 0.444. The average molecular weight is 256 g/mol. The fraction of sp³-hybridized carbons (Fsp3) is 0.500. The van der Waals surface area contributed by atoms with E-state index in [1.807, 2.05) is 6.92 Å². The lowest BCUT2D eigenvalue weighted by atomic mass is 10.2. The summed E-state index contributed by atoms with van der Waals surface area (Å²) in [5.74, 6) is 5.72. The number of hydrogen-bond acceptors (Lipinski definition) is 5. The summed E-state index contributed by atoms with van der Waals surface area (Å²) in [5.41, 5.74) is 2.63. The van der Waals surface area contributed by atoms with E-state index in [2.05, 4.69) is 15.1 Å². The van der Waals surface area contributed by atoms with Gasteiger partial charge in [0.2, 0.25) is 0 Å². The van der Waals surface area contributed by atoms with E-state index in [1.165, 1.54) is 6.20 Å². The third-order valence-corrected chi connectivity index (χ3v) is 4.37. The standard InChI is InChI=1S/C10H16N4O2S/c1-7(8-4-5-8)14-17(15,16)10-9(13-11)3-2-6-12-10/h2-3,6-8,13-14H,4-5,11H2,1H3. The van der Waals surface area contributed by atoms with Crippen LogP contribution in [0.3, 0.4) is 0 Å². The summed E-state index contributed by atoms with van der Waals surface area (Å²) in [6.45, 7) is 1.87. The minimum atomic E-state index is -3.61. The molecule has 1 heterocycles. The second kappa shape index (κ2) is 4.59. The van der Waals surface area contributed by atoms with E-state index in [0.717, 1.165) is 12.8 Å². The number of aromatic nitrogens is 1. The number of pyridine rings is 1. The summed E-state index contributed by atoms with van der Waals surface area (Å²) >= 11 is 0. The third kappa shape index (κ3) is 2.74. The van der Waals surface area contributed by atoms with Gasteiger partial charge in [-0.25, -0.2) is 18.1 Å². The van der Waals surface area contributed by atoms with Crippen molar-refractivity contribution in [3.05, 3.63) is 18.3 Å². The number of anilines is 1. The smallest absolute Gasteiger partial charge is 0.260 e. The molecule has 17 heavy (non-hydrogen) atoms. The fourth-order valence-electron chi connectivity index (χ4n) is 1.71. The molecule has 0 amide bonds. The van der Waals surface area contributed by atoms with Gasteiger partial charge in [0.25, 0.3) is 10.0 Å². The zero-order chi connectivity index (χ0) is 12.5. The zero-order valence-electron chi connectivity index (χ0n) is 9.55. The van der Waals surface area contributed by atoms with Gasteiger partial charge in [-0.2, -0.15) is 0 Å². The highest BCUT2D eigenvalue weighted by atomic mass is 32.2. The molecule has 0 saturated heterocycles. The van der Waals surface area contributed by atoms with Crippen LogP contribution in [0.1, 0.15) is 19.8 Å². The molecule has 94 valence electrons. The first-order valence-corrected chi connectivity index (χ1v) is 6.97. The molecule has 1 aliphatic rings. The molecule has 1 atom stereocenters. The van der Waals surface area contributed by atoms with Gasteiger partial charge in [0, 0.05) is 12.2 Å². The number of nitrogens with one attached hydrogen (secondary N) is 2. The maximum Gasteiger partial charge on any atom is 0.260 e. The molecule has 0 bridgehead atoms. The number of sulfonamides is 1. The highest BCUT2D eigenvalue weighted by molar-refractivity contribution is 7.89. The first kappa shape index (κ1) is 12.3. The zero-order valence-corrected chi connectivity index (χ0v) is 10.4. The van der Waals surface area contributed by atoms with Crippen LogP contribution in [0.2, 0.25) is 0 Å². The fourth-order valence-corrected chi connectivity index (χ4v) is 3.12. The number of nitrogen functional groups attached to an aromatic ring is 1. The van der Waals surface area contributed by atoms with Gasteiger partial charge in [0.05, 0.1) is 5.69 Å². The van der Waals surface area contributed by atoms with Gasteiger partial charge in [-0.15, -0.1) is 0 Å². The van der Waals surface area contributed by atoms with Crippen LogP contribution in [-0.2, 0) is 10.0 Å². The van der Waals surface area contributed by atoms with Crippen LogP contribution in [0.15, 0.2) is 23.4 Å². The minimum Gasteiger partial charge on any atom is -0.321 e. The van der Waals surface area contributed by atoms with E-state index in [1.54, 1.807) is 12.1 Å². The molecule has 1 saturated carbocycles. The minimum absolute atomic E-state index is 0.0602. The molecule has 0 spiro atoms. The van der Waals surface area contributed by atoms with E-state index in [-0.39, 0.29) is 11.1 Å². The van der Waals surface area contributed by atoms with Crippen LogP contribution in [-0.4, -0.2) is 19.4 Å². The Hall–Kier alpha value is -1.18. The lowest BCUT2D eigenvalue weighted by Gasteiger charge is -2.14. The van der Waals surface area contributed by atoms with Gasteiger partial charge in [-0.3, -0.25) is 5.84 Å². The maximum absolute atomic E-state index is 12.1. The lowest BCUT2D eigenvalue weighted by Crippen LogP contribution is -2.35. The maximum atomic E-state index is 12.1. The number of rotatable bonds is 5. The largest absolute Gasteiger partial charge is 0.321 e. The number of nitrogens with two attached hydrogens (primary N) is 1. The van der Waals surface area contributed by atoms with E-state index in [4.69, 9.17) is 5.84 Å². The second-order valence-corrected chi connectivity index (χ2v) is 5.88. The van der Waals surface area contributed by atoms with Crippen molar-refractivity contribution in [1.29, 1.82) is 0 Å². The summed E-state index contributed by atoms with van der Waals surface area (Å²) in [7, 11) is -3.61. The van der Waals surface area contributed by atoms with E-state index in [9.17, 15) is 8.42 Å². The van der Waals surface area contributed by atoms with Crippen molar-refractivity contribution in [2.45, 2.75) is 30.8 Å². The molecule has 2 rings (SSSR count). The molecule has 6 nitrogen and oxygen atoms in total. The lowest BCUT2D eigenvalue weighted by molar-refractivity contribution is 0.535. The average Bonchev–Trinajstić information content (AvgIpc) is 3.12. The summed E-state index contributed by atoms with van der Waals surface area (Å²) in [4.78, 5) is 3.86. The summed E-state index contributed by atoms with van der Waals surface area (Å²) in [5, 5.41) is -0.0602. The monoisotopic (exact) mass is 256 g/mol. The normalized spacial score (nSPS) is 17.8. The van der Waals surface area contributed by atoms with Gasteiger partial charge in [-0.1, -0.05) is 0 Å². The van der Waals surface area contributed by atoms with Gasteiger partial charge >= 0.3 is 0 Å². The first-order chi connectivity index (χ1) is 8.04. The Morgan fingerprint density at radius 2 is 2.24 bits per heavy atom. The van der Waals surface area contributed by atoms with Crippen LogP contribution in [0.4, 0.5) is 5.69 Å². The Kier molecular flexibility index (Phi) is 3.32. The van der Waals surface area contributed by atoms with Gasteiger partial charge in [0.1, 0.15) is 0 Å². The Morgan fingerprint density at radius 3 is 2.82 bits per heavy atom. The number of hydrogen-bond donors (Lipinski definition) is 3. The summed E-state index contributed by atoms with van der Waals surface area (Å²) < 4.78 is 26.8. The quantitative estimate of drug-likeness (QED) is 0.525. The first-order valence-electron chi connectivity index (χ1n) is 5.48. The topological polar surface area (TPSA) is 97.1 Å². The van der Waals surface area contributed by atoms with Crippen LogP contribution < -0.4 is 16.0 Å². The predicted molar refractivity (Wildman–Crippen MR) is 64.6 cm³/mol. The van der Waals surface area contributed by atoms with Crippen LogP contribution >= 0.6 is 0 Å². The SMILES string of the molecule is CC(NS(=O)(=O)c1ncccc1NN)C1CC1. The van der Waals surface area contributed by atoms with E-state index < -0.39 is 10.0 Å². The Labute approximate surface area is 101 Å². The molecule has 1 aromatic heterocycles. The van der Waals surface area contributed by atoms with Gasteiger partial charge < -0.3 is 5.43 Å². The highest BCUT2D eigenvalue weighted by Crippen LogP contribution is 2.33. The Bertz CT molecular complexity index is 499. The van der Waals surface area contributed by atoms with Crippen molar-refractivity contribution in [1.82, 2.24) is 9.71 Å². The van der Waals surface area contributed by atoms with Crippen molar-refractivity contribution in [3.63, 3.8) is 0 Å². The molecule has 1 aromatic rings. The summed E-state index contributed by atoms with van der Waals surface area (Å²) in [6.07, 6.45) is 3.58. The molecule has 4 N–H and O–H groups in total. The Balaban J connectivity index is 2.24. The van der Waals surface area contributed by atoms with Crippen molar-refractivity contribution in [2.24, 2.45) is 11.8 Å². The van der Waals surface area contributed by atoms with Crippen molar-refractivity contribution in [2.75, 3.05) is 5.43 Å². The number of nitrogens with zero attached hydrogens (tertiary/aromatic N) is 1. The van der Waals surface area contributed by atoms with Crippen molar-refractivity contribution in [3.8, 4) is 0 Å². The van der Waals surface area contributed by atoms with E-state index in [0.29, 0.717) is 11.6 Å². The van der Waals surface area contributed by atoms with Crippen LogP contribution in [0.5, 0.6) is 0 Å². The number of hydrazine groups is 1. The molecule has 0 radical (unpaired) electrons. The van der Waals surface area contributed by atoms with Crippen LogP contribution in [0, 0.1) is 5.92 Å². The van der Waals surface area contributed by atoms with E-state index >= 15 is 0 Å². The van der Waals surface area contributed by atoms with Crippen molar-refractivity contribution < 1.29 is 8.42 Å². The molecular formula is C10H16N4O2S. The van der Waals surface area contributed by atoms with Crippen LogP contribution in [0.25, 0.3) is 0 Å². The van der Waals surface area contributed by atoms with Gasteiger partial charge in [-0.05, 0) is 37.8 Å². The molecule has 0 aliphatic heterocycles.